The molecule has 2 aromatic rings. The van der Waals surface area contributed by atoms with E-state index in [1.807, 2.05) is 20.8 Å². The summed E-state index contributed by atoms with van der Waals surface area (Å²) < 4.78 is 5.07. The molecule has 3 N–H and O–H groups in total. The maximum absolute atomic E-state index is 12.1. The summed E-state index contributed by atoms with van der Waals surface area (Å²) in [5.74, 6) is -0.731. The lowest BCUT2D eigenvalue weighted by molar-refractivity contribution is -0.119. The number of nitrogens with one attached hydrogen (secondary N) is 3. The van der Waals surface area contributed by atoms with Gasteiger partial charge in [-0.2, -0.15) is 0 Å². The van der Waals surface area contributed by atoms with E-state index in [4.69, 9.17) is 4.74 Å². The van der Waals surface area contributed by atoms with Crippen molar-refractivity contribution in [1.82, 2.24) is 0 Å². The Labute approximate surface area is 170 Å². The summed E-state index contributed by atoms with van der Waals surface area (Å²) in [4.78, 5) is 35.6. The first-order valence-corrected chi connectivity index (χ1v) is 9.61. The van der Waals surface area contributed by atoms with Crippen molar-refractivity contribution >= 4 is 34.8 Å². The molecule has 2 rings (SSSR count). The van der Waals surface area contributed by atoms with Crippen LogP contribution in [0.4, 0.5) is 17.1 Å². The lowest BCUT2D eigenvalue weighted by atomic mass is 10.2. The van der Waals surface area contributed by atoms with Crippen molar-refractivity contribution in [2.75, 3.05) is 29.1 Å². The van der Waals surface area contributed by atoms with Crippen LogP contribution in [0.25, 0.3) is 0 Å². The number of anilines is 3. The number of ether oxygens (including phenoxy) is 1. The van der Waals surface area contributed by atoms with Gasteiger partial charge in [-0.25, -0.2) is 4.79 Å². The van der Waals surface area contributed by atoms with E-state index in [0.29, 0.717) is 23.5 Å². The van der Waals surface area contributed by atoms with Crippen molar-refractivity contribution in [3.05, 3.63) is 54.1 Å². The maximum atomic E-state index is 12.1. The molecular weight excluding hydrogens is 370 g/mol. The Hall–Kier alpha value is -3.35. The quantitative estimate of drug-likeness (QED) is 0.558. The topological polar surface area (TPSA) is 96.5 Å². The van der Waals surface area contributed by atoms with E-state index in [9.17, 15) is 14.4 Å². The third kappa shape index (κ3) is 7.29. The first-order chi connectivity index (χ1) is 13.9. The van der Waals surface area contributed by atoms with Gasteiger partial charge in [-0.3, -0.25) is 9.59 Å². The van der Waals surface area contributed by atoms with E-state index in [-0.39, 0.29) is 30.2 Å². The minimum absolute atomic E-state index is 0.0465. The van der Waals surface area contributed by atoms with Gasteiger partial charge in [0.05, 0.1) is 18.7 Å². The summed E-state index contributed by atoms with van der Waals surface area (Å²) in [7, 11) is 0. The van der Waals surface area contributed by atoms with Crippen molar-refractivity contribution in [2.24, 2.45) is 5.92 Å². The molecule has 0 fully saturated rings. The fourth-order valence-corrected chi connectivity index (χ4v) is 2.31. The van der Waals surface area contributed by atoms with Crippen LogP contribution in [0, 0.1) is 5.92 Å². The summed E-state index contributed by atoms with van der Waals surface area (Å²) in [5.41, 5.74) is 2.50. The van der Waals surface area contributed by atoms with Crippen LogP contribution in [-0.2, 0) is 14.3 Å². The highest BCUT2D eigenvalue weighted by Crippen LogP contribution is 2.15. The number of amides is 2. The van der Waals surface area contributed by atoms with Gasteiger partial charge in [-0.05, 0) is 55.0 Å². The zero-order valence-electron chi connectivity index (χ0n) is 17.0. The van der Waals surface area contributed by atoms with Gasteiger partial charge in [-0.1, -0.05) is 20.8 Å². The second-order valence-electron chi connectivity index (χ2n) is 6.84. The van der Waals surface area contributed by atoms with Crippen molar-refractivity contribution in [3.8, 4) is 0 Å². The van der Waals surface area contributed by atoms with Gasteiger partial charge >= 0.3 is 5.97 Å². The maximum Gasteiger partial charge on any atom is 0.338 e. The second kappa shape index (κ2) is 10.8. The zero-order chi connectivity index (χ0) is 21.2. The average molecular weight is 397 g/mol. The lowest BCUT2D eigenvalue weighted by Crippen LogP contribution is -2.21. The number of benzene rings is 2. The van der Waals surface area contributed by atoms with Gasteiger partial charge in [0.1, 0.15) is 0 Å². The molecule has 7 heteroatoms. The summed E-state index contributed by atoms with van der Waals surface area (Å²) >= 11 is 0. The van der Waals surface area contributed by atoms with E-state index >= 15 is 0 Å². The molecule has 0 saturated heterocycles. The first-order valence-electron chi connectivity index (χ1n) is 9.61. The van der Waals surface area contributed by atoms with E-state index < -0.39 is 0 Å². The Balaban J connectivity index is 1.80. The third-order valence-electron chi connectivity index (χ3n) is 3.97. The second-order valence-corrected chi connectivity index (χ2v) is 6.84. The Morgan fingerprint density at radius 2 is 1.41 bits per heavy atom. The standard InChI is InChI=1S/C22H27N3O4/c1-4-13-29-22(28)16-5-7-18(8-6-16)24-20(26)14-23-17-9-11-19(12-10-17)25-21(27)15(2)3/h5-12,15,23H,4,13-14H2,1-3H3,(H,24,26)(H,25,27). The highest BCUT2D eigenvalue weighted by atomic mass is 16.5. The molecule has 154 valence electrons. The highest BCUT2D eigenvalue weighted by molar-refractivity contribution is 5.95. The molecule has 29 heavy (non-hydrogen) atoms. The van der Waals surface area contributed by atoms with Crippen LogP contribution in [0.5, 0.6) is 0 Å². The van der Waals surface area contributed by atoms with Gasteiger partial charge in [0.25, 0.3) is 0 Å². The molecule has 0 radical (unpaired) electrons. The molecule has 0 aromatic heterocycles. The number of hydrogen-bond acceptors (Lipinski definition) is 5. The lowest BCUT2D eigenvalue weighted by Gasteiger charge is -2.10. The Kier molecular flexibility index (Phi) is 8.21. The molecule has 2 aromatic carbocycles. The molecule has 0 saturated carbocycles. The van der Waals surface area contributed by atoms with Gasteiger partial charge in [0.2, 0.25) is 11.8 Å². The van der Waals surface area contributed by atoms with Crippen molar-refractivity contribution in [1.29, 1.82) is 0 Å². The fourth-order valence-electron chi connectivity index (χ4n) is 2.31. The molecular formula is C22H27N3O4. The predicted octanol–water partition coefficient (Wildman–Crippen LogP) is 3.90. The van der Waals surface area contributed by atoms with Crippen LogP contribution in [-0.4, -0.2) is 30.9 Å². The molecule has 0 heterocycles. The molecule has 0 spiro atoms. The van der Waals surface area contributed by atoms with Gasteiger partial charge in [-0.15, -0.1) is 0 Å². The highest BCUT2D eigenvalue weighted by Gasteiger charge is 2.09. The third-order valence-corrected chi connectivity index (χ3v) is 3.97. The van der Waals surface area contributed by atoms with Gasteiger partial charge in [0.15, 0.2) is 0 Å². The molecule has 0 unspecified atom stereocenters. The van der Waals surface area contributed by atoms with Crippen molar-refractivity contribution < 1.29 is 19.1 Å². The van der Waals surface area contributed by atoms with Crippen LogP contribution in [0.3, 0.4) is 0 Å². The normalized spacial score (nSPS) is 10.3. The smallest absolute Gasteiger partial charge is 0.338 e. The summed E-state index contributed by atoms with van der Waals surface area (Å²) in [6.07, 6.45) is 0.766. The summed E-state index contributed by atoms with van der Waals surface area (Å²) in [5, 5.41) is 8.59. The molecule has 0 bridgehead atoms. The minimum atomic E-state index is -0.376. The minimum Gasteiger partial charge on any atom is -0.462 e. The first kappa shape index (κ1) is 21.9. The summed E-state index contributed by atoms with van der Waals surface area (Å²) in [6.45, 7) is 6.05. The van der Waals surface area contributed by atoms with E-state index in [2.05, 4.69) is 16.0 Å². The molecule has 0 aliphatic rings. The van der Waals surface area contributed by atoms with Crippen molar-refractivity contribution in [2.45, 2.75) is 27.2 Å². The van der Waals surface area contributed by atoms with Gasteiger partial charge in [0, 0.05) is 23.0 Å². The van der Waals surface area contributed by atoms with E-state index in [1.165, 1.54) is 0 Å². The molecule has 2 amide bonds. The van der Waals surface area contributed by atoms with Gasteiger partial charge < -0.3 is 20.7 Å². The van der Waals surface area contributed by atoms with Crippen LogP contribution in [0.2, 0.25) is 0 Å². The van der Waals surface area contributed by atoms with E-state index in [1.54, 1.807) is 48.5 Å². The number of hydrogen-bond donors (Lipinski definition) is 3. The molecule has 0 aliphatic carbocycles. The Bertz CT molecular complexity index is 830. The van der Waals surface area contributed by atoms with Crippen LogP contribution in [0.15, 0.2) is 48.5 Å². The Morgan fingerprint density at radius 3 is 2.00 bits per heavy atom. The SMILES string of the molecule is CCCOC(=O)c1ccc(NC(=O)CNc2ccc(NC(=O)C(C)C)cc2)cc1. The molecule has 7 nitrogen and oxygen atoms in total. The van der Waals surface area contributed by atoms with Crippen LogP contribution in [0.1, 0.15) is 37.6 Å². The largest absolute Gasteiger partial charge is 0.462 e. The number of carbonyl (C=O) groups is 3. The van der Waals surface area contributed by atoms with Crippen molar-refractivity contribution in [3.63, 3.8) is 0 Å². The van der Waals surface area contributed by atoms with Crippen LogP contribution >= 0.6 is 0 Å². The fraction of sp³-hybridized carbons (Fsp3) is 0.318. The number of rotatable bonds is 9. The zero-order valence-corrected chi connectivity index (χ0v) is 17.0. The average Bonchev–Trinajstić information content (AvgIpc) is 2.72. The number of carbonyl (C=O) groups excluding carboxylic acids is 3. The molecule has 0 atom stereocenters. The van der Waals surface area contributed by atoms with E-state index in [0.717, 1.165) is 12.1 Å². The van der Waals surface area contributed by atoms with Crippen LogP contribution < -0.4 is 16.0 Å². The predicted molar refractivity (Wildman–Crippen MR) is 114 cm³/mol. The monoisotopic (exact) mass is 397 g/mol. The molecule has 0 aliphatic heterocycles. The number of esters is 1. The Morgan fingerprint density at radius 1 is 0.862 bits per heavy atom. The summed E-state index contributed by atoms with van der Waals surface area (Å²) in [6, 6.07) is 13.7.